The molecule has 0 unspecified atom stereocenters. The third-order valence-electron chi connectivity index (χ3n) is 0. The Hall–Kier alpha value is 1.11. The van der Waals surface area contributed by atoms with Gasteiger partial charge in [0.1, 0.15) is 10.5 Å². The Kier molecular flexibility index (Phi) is 19.9. The summed E-state index contributed by atoms with van der Waals surface area (Å²) < 4.78 is 4.42. The fourth-order valence-corrected chi connectivity index (χ4v) is 0. The van der Waals surface area contributed by atoms with E-state index in [1.54, 1.807) is 0 Å². The molecular formula is H5OSi2Ti. The number of hydrogen-bond acceptors (Lipinski definition) is 1. The summed E-state index contributed by atoms with van der Waals surface area (Å²) in [4.78, 5) is 0. The molecule has 0 aromatic rings. The largest absolute Gasteiger partial charge is 0.468 e. The van der Waals surface area contributed by atoms with Crippen molar-refractivity contribution in [3.05, 3.63) is 0 Å². The molecule has 1 radical (unpaired) electrons. The van der Waals surface area contributed by atoms with E-state index in [0.29, 0.717) is 0 Å². The van der Waals surface area contributed by atoms with Crippen LogP contribution in [0.4, 0.5) is 0 Å². The molecule has 1 nitrogen and oxygen atoms in total. The zero-order valence-electron chi connectivity index (χ0n) is 2.62. The molecule has 0 atom stereocenters. The van der Waals surface area contributed by atoms with Crippen LogP contribution in [-0.4, -0.2) is 21.0 Å². The quantitative estimate of drug-likeness (QED) is 0.335. The van der Waals surface area contributed by atoms with Crippen LogP contribution in [-0.2, 0) is 25.8 Å². The zero-order chi connectivity index (χ0) is 2.71. The van der Waals surface area contributed by atoms with Crippen LogP contribution < -0.4 is 0 Å². The smallest absolute Gasteiger partial charge is 0.157 e. The van der Waals surface area contributed by atoms with Crippen molar-refractivity contribution in [2.45, 2.75) is 0 Å². The Morgan fingerprint density at radius 1 is 1.75 bits per heavy atom. The molecule has 0 rings (SSSR count). The van der Waals surface area contributed by atoms with E-state index in [1.165, 1.54) is 10.5 Å². The van der Waals surface area contributed by atoms with Crippen LogP contribution >= 0.6 is 0 Å². The molecule has 0 heterocycles. The molecule has 0 saturated carbocycles. The summed E-state index contributed by atoms with van der Waals surface area (Å²) in [5.41, 5.74) is 0. The van der Waals surface area contributed by atoms with E-state index >= 15 is 0 Å². The van der Waals surface area contributed by atoms with E-state index in [0.717, 1.165) is 10.5 Å². The number of hydrogen-bond donors (Lipinski definition) is 0. The van der Waals surface area contributed by atoms with E-state index in [2.05, 4.69) is 4.12 Å². The Morgan fingerprint density at radius 3 is 1.75 bits per heavy atom. The average molecular weight is 125 g/mol. The van der Waals surface area contributed by atoms with E-state index in [4.69, 9.17) is 0 Å². The molecule has 0 fully saturated rings. The Bertz CT molecular complexity index is 6.00. The number of rotatable bonds is 0. The first kappa shape index (κ1) is 8.92. The van der Waals surface area contributed by atoms with Crippen LogP contribution in [0.3, 0.4) is 0 Å². The molecule has 0 aliphatic rings. The first-order chi connectivity index (χ1) is 1.41. The van der Waals surface area contributed by atoms with Gasteiger partial charge in [0.25, 0.3) is 0 Å². The molecule has 0 spiro atoms. The van der Waals surface area contributed by atoms with Gasteiger partial charge in [-0.25, -0.2) is 0 Å². The topological polar surface area (TPSA) is 9.23 Å². The molecule has 0 aliphatic carbocycles. The van der Waals surface area contributed by atoms with Gasteiger partial charge in [-0.2, -0.15) is 0 Å². The van der Waals surface area contributed by atoms with Gasteiger partial charge in [0.15, 0.2) is 10.5 Å². The molecule has 0 aromatic heterocycles. The Morgan fingerprint density at radius 2 is 1.75 bits per heavy atom. The minimum Gasteiger partial charge on any atom is -0.468 e. The molecular weight excluding hydrogens is 120 g/mol. The molecule has 4 heteroatoms. The van der Waals surface area contributed by atoms with Crippen molar-refractivity contribution in [3.63, 3.8) is 0 Å². The predicted octanol–water partition coefficient (Wildman–Crippen LogP) is -2.17. The van der Waals surface area contributed by atoms with Crippen molar-refractivity contribution >= 4 is 21.0 Å². The first-order valence-electron chi connectivity index (χ1n) is 0.697. The molecule has 0 amide bonds. The van der Waals surface area contributed by atoms with Gasteiger partial charge in [0, 0.05) is 21.7 Å². The standard InChI is InChI=1S/H5OSi2.Ti/c2-1-3;/h2H2,3H3;. The van der Waals surface area contributed by atoms with E-state index in [9.17, 15) is 0 Å². The second-order valence-corrected chi connectivity index (χ2v) is 2.60. The third-order valence-corrected chi connectivity index (χ3v) is 0. The van der Waals surface area contributed by atoms with Gasteiger partial charge in [0.2, 0.25) is 0 Å². The molecule has 0 saturated heterocycles. The molecule has 23 valence electrons. The molecule has 0 aromatic carbocycles. The average Bonchev–Trinajstić information content (AvgIpc) is 0.918. The van der Waals surface area contributed by atoms with Gasteiger partial charge < -0.3 is 4.12 Å². The van der Waals surface area contributed by atoms with Crippen LogP contribution in [0.5, 0.6) is 0 Å². The van der Waals surface area contributed by atoms with Gasteiger partial charge in [-0.1, -0.05) is 0 Å². The van der Waals surface area contributed by atoms with E-state index in [1.807, 2.05) is 0 Å². The summed E-state index contributed by atoms with van der Waals surface area (Å²) >= 11 is 0. The zero-order valence-corrected chi connectivity index (χ0v) is 7.59. The van der Waals surface area contributed by atoms with Crippen molar-refractivity contribution in [3.8, 4) is 0 Å². The van der Waals surface area contributed by atoms with Crippen LogP contribution in [0.1, 0.15) is 0 Å². The van der Waals surface area contributed by atoms with Gasteiger partial charge in [-0.15, -0.1) is 0 Å². The summed E-state index contributed by atoms with van der Waals surface area (Å²) in [5.74, 6) is 0. The summed E-state index contributed by atoms with van der Waals surface area (Å²) in [6.45, 7) is 0. The maximum Gasteiger partial charge on any atom is 0.157 e. The van der Waals surface area contributed by atoms with Crippen LogP contribution in [0.25, 0.3) is 0 Å². The van der Waals surface area contributed by atoms with E-state index < -0.39 is 0 Å². The van der Waals surface area contributed by atoms with Gasteiger partial charge in [-0.05, 0) is 0 Å². The first-order valence-corrected chi connectivity index (χ1v) is 2.09. The van der Waals surface area contributed by atoms with E-state index in [-0.39, 0.29) is 21.7 Å². The van der Waals surface area contributed by atoms with Crippen molar-refractivity contribution < 1.29 is 25.8 Å². The Labute approximate surface area is 47.1 Å². The van der Waals surface area contributed by atoms with Crippen LogP contribution in [0.2, 0.25) is 0 Å². The summed E-state index contributed by atoms with van der Waals surface area (Å²) in [7, 11) is 2.42. The SMILES string of the molecule is [SiH2]O[SiH3].[Ti]. The van der Waals surface area contributed by atoms with Gasteiger partial charge >= 0.3 is 0 Å². The fourth-order valence-electron chi connectivity index (χ4n) is 0. The summed E-state index contributed by atoms with van der Waals surface area (Å²) in [6, 6.07) is 0. The monoisotopic (exact) mass is 125 g/mol. The maximum absolute atomic E-state index is 4.42. The van der Waals surface area contributed by atoms with Crippen LogP contribution in [0, 0.1) is 0 Å². The summed E-state index contributed by atoms with van der Waals surface area (Å²) in [6.07, 6.45) is 0. The molecule has 4 heavy (non-hydrogen) atoms. The second kappa shape index (κ2) is 8.93. The molecule has 0 N–H and O–H groups in total. The minimum atomic E-state index is 0. The van der Waals surface area contributed by atoms with Gasteiger partial charge in [-0.3, -0.25) is 0 Å². The maximum atomic E-state index is 4.42. The van der Waals surface area contributed by atoms with Crippen LogP contribution in [0.15, 0.2) is 0 Å². The Balaban J connectivity index is 0. The second-order valence-electron chi connectivity index (χ2n) is 0.289. The molecule has 0 aliphatic heterocycles. The minimum absolute atomic E-state index is 0. The van der Waals surface area contributed by atoms with Crippen molar-refractivity contribution in [2.24, 2.45) is 0 Å². The van der Waals surface area contributed by atoms with Gasteiger partial charge in [0.05, 0.1) is 0 Å². The molecule has 0 bridgehead atoms. The van der Waals surface area contributed by atoms with Crippen molar-refractivity contribution in [1.82, 2.24) is 0 Å². The van der Waals surface area contributed by atoms with Crippen molar-refractivity contribution in [2.75, 3.05) is 0 Å². The predicted molar refractivity (Wildman–Crippen MR) is 19.6 cm³/mol. The fraction of sp³-hybridized carbons (Fsp3) is 0. The van der Waals surface area contributed by atoms with Crippen molar-refractivity contribution in [1.29, 1.82) is 0 Å². The normalized spacial score (nSPS) is 5.25. The summed E-state index contributed by atoms with van der Waals surface area (Å²) in [5, 5.41) is 0. The third kappa shape index (κ3) is 11.2.